The van der Waals surface area contributed by atoms with Gasteiger partial charge >= 0.3 is 0 Å². The van der Waals surface area contributed by atoms with Crippen molar-refractivity contribution in [2.75, 3.05) is 12.4 Å². The van der Waals surface area contributed by atoms with Crippen molar-refractivity contribution >= 4 is 11.5 Å². The van der Waals surface area contributed by atoms with E-state index in [4.69, 9.17) is 15.9 Å². The smallest absolute Gasteiger partial charge is 0.160 e. The third-order valence-corrected chi connectivity index (χ3v) is 7.82. The van der Waals surface area contributed by atoms with Crippen LogP contribution in [0.1, 0.15) is 45.3 Å². The molecule has 186 valence electrons. The van der Waals surface area contributed by atoms with Crippen LogP contribution in [0.2, 0.25) is 0 Å². The maximum Gasteiger partial charge on any atom is 0.160 e. The number of hydrogen-bond donors (Lipinski definition) is 5. The molecule has 2 aliphatic rings. The second-order valence-electron chi connectivity index (χ2n) is 9.85. The number of anilines is 1. The SMILES string of the molecule is COc1cc(C2Nc3ccc(C(=N)N)cc3C3c4ccccc4CC23)c(-c2cccc(CO)c2)cc1O. The molecule has 0 saturated carbocycles. The predicted octanol–water partition coefficient (Wildman–Crippen LogP) is 5.32. The summed E-state index contributed by atoms with van der Waals surface area (Å²) in [6.07, 6.45) is 0.890. The molecular weight excluding hydrogens is 462 g/mol. The number of nitrogen functional groups attached to an aromatic ring is 1. The Morgan fingerprint density at radius 2 is 1.84 bits per heavy atom. The number of hydrogen-bond acceptors (Lipinski definition) is 5. The summed E-state index contributed by atoms with van der Waals surface area (Å²) in [7, 11) is 1.56. The largest absolute Gasteiger partial charge is 0.504 e. The highest BCUT2D eigenvalue weighted by Crippen LogP contribution is 2.55. The van der Waals surface area contributed by atoms with Crippen molar-refractivity contribution < 1.29 is 14.9 Å². The Kier molecular flexibility index (Phi) is 5.61. The number of benzene rings is 4. The van der Waals surface area contributed by atoms with Gasteiger partial charge in [0.15, 0.2) is 11.5 Å². The van der Waals surface area contributed by atoms with E-state index in [-0.39, 0.29) is 36.1 Å². The standard InChI is InChI=1S/C31H29N3O3/c1-37-28-15-23(22(14-27(28)36)18-7-4-5-17(11-18)16-35)30-25-12-19-6-2-3-8-21(19)29(25)24-13-20(31(32)33)9-10-26(24)34-30/h2-11,13-15,25,29-30,34-36H,12,16H2,1H3,(H3,32,33). The first-order valence-corrected chi connectivity index (χ1v) is 12.4. The van der Waals surface area contributed by atoms with Crippen molar-refractivity contribution in [2.45, 2.75) is 25.0 Å². The summed E-state index contributed by atoms with van der Waals surface area (Å²) >= 11 is 0. The molecule has 0 aromatic heterocycles. The maximum atomic E-state index is 10.7. The van der Waals surface area contributed by atoms with Gasteiger partial charge < -0.3 is 26.0 Å². The number of fused-ring (bicyclic) bond motifs is 5. The Morgan fingerprint density at radius 3 is 2.62 bits per heavy atom. The second kappa shape index (κ2) is 8.98. The maximum absolute atomic E-state index is 10.7. The van der Waals surface area contributed by atoms with E-state index in [1.807, 2.05) is 48.5 Å². The summed E-state index contributed by atoms with van der Waals surface area (Å²) in [6.45, 7) is -0.0567. The van der Waals surface area contributed by atoms with Crippen LogP contribution in [0.4, 0.5) is 5.69 Å². The molecule has 6 N–H and O–H groups in total. The molecule has 0 amide bonds. The normalized spacial score (nSPS) is 19.4. The van der Waals surface area contributed by atoms with Crippen molar-refractivity contribution in [3.63, 3.8) is 0 Å². The van der Waals surface area contributed by atoms with Crippen molar-refractivity contribution in [2.24, 2.45) is 11.7 Å². The molecule has 6 rings (SSSR count). The monoisotopic (exact) mass is 491 g/mol. The molecule has 1 aliphatic carbocycles. The molecule has 1 aliphatic heterocycles. The number of nitrogens with two attached hydrogens (primary N) is 1. The van der Waals surface area contributed by atoms with Gasteiger partial charge in [-0.2, -0.15) is 0 Å². The summed E-state index contributed by atoms with van der Waals surface area (Å²) in [6, 6.07) is 25.9. The van der Waals surface area contributed by atoms with Crippen molar-refractivity contribution in [1.29, 1.82) is 5.41 Å². The van der Waals surface area contributed by atoms with Crippen LogP contribution >= 0.6 is 0 Å². The zero-order valence-corrected chi connectivity index (χ0v) is 20.5. The van der Waals surface area contributed by atoms with Gasteiger partial charge in [-0.3, -0.25) is 5.41 Å². The lowest BCUT2D eigenvalue weighted by atomic mass is 9.74. The molecule has 6 nitrogen and oxygen atoms in total. The van der Waals surface area contributed by atoms with E-state index in [0.29, 0.717) is 5.75 Å². The van der Waals surface area contributed by atoms with Gasteiger partial charge in [-0.25, -0.2) is 0 Å². The molecule has 0 radical (unpaired) electrons. The molecule has 0 spiro atoms. The number of rotatable bonds is 5. The molecule has 1 heterocycles. The highest BCUT2D eigenvalue weighted by Gasteiger charge is 2.44. The highest BCUT2D eigenvalue weighted by atomic mass is 16.5. The van der Waals surface area contributed by atoms with E-state index < -0.39 is 0 Å². The van der Waals surface area contributed by atoms with Gasteiger partial charge in [0, 0.05) is 17.2 Å². The summed E-state index contributed by atoms with van der Waals surface area (Å²) in [5, 5.41) is 32.3. The highest BCUT2D eigenvalue weighted by molar-refractivity contribution is 5.96. The van der Waals surface area contributed by atoms with E-state index in [9.17, 15) is 10.2 Å². The number of aliphatic hydroxyl groups is 1. The first-order valence-electron chi connectivity index (χ1n) is 12.4. The average molecular weight is 492 g/mol. The fourth-order valence-electron chi connectivity index (χ4n) is 6.13. The molecule has 3 unspecified atom stereocenters. The Hall–Kier alpha value is -4.29. The minimum Gasteiger partial charge on any atom is -0.504 e. The zero-order chi connectivity index (χ0) is 25.7. The minimum atomic E-state index is -0.0737. The average Bonchev–Trinajstić information content (AvgIpc) is 3.32. The van der Waals surface area contributed by atoms with E-state index in [2.05, 4.69) is 29.6 Å². The molecule has 0 fully saturated rings. The third kappa shape index (κ3) is 3.81. The van der Waals surface area contributed by atoms with Gasteiger partial charge in [-0.05, 0) is 87.7 Å². The molecule has 4 aromatic rings. The number of phenolic OH excluding ortho intramolecular Hbond substituents is 1. The molecule has 6 heteroatoms. The van der Waals surface area contributed by atoms with Crippen LogP contribution in [0.15, 0.2) is 78.9 Å². The molecule has 0 saturated heterocycles. The molecular formula is C31H29N3O3. The van der Waals surface area contributed by atoms with E-state index in [1.165, 1.54) is 11.1 Å². The van der Waals surface area contributed by atoms with Crippen molar-refractivity contribution in [3.8, 4) is 22.6 Å². The molecule has 4 aromatic carbocycles. The Labute approximate surface area is 215 Å². The number of aromatic hydroxyl groups is 1. The Morgan fingerprint density at radius 1 is 1.00 bits per heavy atom. The van der Waals surface area contributed by atoms with Crippen molar-refractivity contribution in [1.82, 2.24) is 0 Å². The summed E-state index contributed by atoms with van der Waals surface area (Å²) < 4.78 is 5.54. The minimum absolute atomic E-state index is 0.0567. The quantitative estimate of drug-likeness (QED) is 0.192. The fraction of sp³-hybridized carbons (Fsp3) is 0.194. The van der Waals surface area contributed by atoms with Crippen LogP contribution in [0.25, 0.3) is 11.1 Å². The number of nitrogens with one attached hydrogen (secondary N) is 2. The number of aliphatic hydroxyl groups excluding tert-OH is 1. The predicted molar refractivity (Wildman–Crippen MR) is 145 cm³/mol. The van der Waals surface area contributed by atoms with Crippen LogP contribution in [-0.4, -0.2) is 23.2 Å². The second-order valence-corrected chi connectivity index (χ2v) is 9.85. The van der Waals surface area contributed by atoms with Crippen LogP contribution in [-0.2, 0) is 13.0 Å². The first-order chi connectivity index (χ1) is 18.0. The topological polar surface area (TPSA) is 112 Å². The lowest BCUT2D eigenvalue weighted by molar-refractivity contribution is 0.282. The van der Waals surface area contributed by atoms with Crippen LogP contribution in [0.5, 0.6) is 11.5 Å². The Balaban J connectivity index is 1.56. The van der Waals surface area contributed by atoms with Gasteiger partial charge in [0.2, 0.25) is 0 Å². The van der Waals surface area contributed by atoms with Gasteiger partial charge in [0.1, 0.15) is 5.84 Å². The number of methoxy groups -OCH3 is 1. The first kappa shape index (κ1) is 23.1. The third-order valence-electron chi connectivity index (χ3n) is 7.82. The lowest BCUT2D eigenvalue weighted by Gasteiger charge is -2.39. The van der Waals surface area contributed by atoms with Gasteiger partial charge in [0.25, 0.3) is 0 Å². The van der Waals surface area contributed by atoms with Crippen LogP contribution in [0.3, 0.4) is 0 Å². The van der Waals surface area contributed by atoms with E-state index >= 15 is 0 Å². The van der Waals surface area contributed by atoms with E-state index in [1.54, 1.807) is 13.2 Å². The van der Waals surface area contributed by atoms with E-state index in [0.717, 1.165) is 45.5 Å². The molecule has 37 heavy (non-hydrogen) atoms. The van der Waals surface area contributed by atoms with Gasteiger partial charge in [0.05, 0.1) is 19.8 Å². The number of phenols is 1. The summed E-state index contributed by atoms with van der Waals surface area (Å²) in [5.74, 6) is 0.879. The molecule has 0 bridgehead atoms. The fourth-order valence-corrected chi connectivity index (χ4v) is 6.13. The lowest BCUT2D eigenvalue weighted by Crippen LogP contribution is -2.31. The Bertz CT molecular complexity index is 1530. The summed E-state index contributed by atoms with van der Waals surface area (Å²) in [5.41, 5.74) is 15.0. The number of amidine groups is 1. The molecule has 3 atom stereocenters. The summed E-state index contributed by atoms with van der Waals surface area (Å²) in [4.78, 5) is 0. The van der Waals surface area contributed by atoms with Gasteiger partial charge in [-0.1, -0.05) is 42.5 Å². The zero-order valence-electron chi connectivity index (χ0n) is 20.5. The van der Waals surface area contributed by atoms with Crippen LogP contribution in [0, 0.1) is 11.3 Å². The van der Waals surface area contributed by atoms with Gasteiger partial charge in [-0.15, -0.1) is 0 Å². The van der Waals surface area contributed by atoms with Crippen LogP contribution < -0.4 is 15.8 Å². The number of ether oxygens (including phenoxy) is 1. The van der Waals surface area contributed by atoms with Crippen molar-refractivity contribution in [3.05, 3.63) is 112 Å².